The molecule has 2 heterocycles. The molecule has 2 aromatic rings. The zero-order valence-electron chi connectivity index (χ0n) is 15.3. The number of carbonyl (C=O) groups is 1. The predicted octanol–water partition coefficient (Wildman–Crippen LogP) is 3.17. The van der Waals surface area contributed by atoms with E-state index in [1.807, 2.05) is 0 Å². The molecule has 0 bridgehead atoms. The number of likely N-dealkylation sites (tertiary alicyclic amines) is 1. The highest BCUT2D eigenvalue weighted by Crippen LogP contribution is 2.22. The summed E-state index contributed by atoms with van der Waals surface area (Å²) in [5, 5.41) is 10.2. The van der Waals surface area contributed by atoms with Gasteiger partial charge in [0, 0.05) is 19.1 Å². The van der Waals surface area contributed by atoms with Gasteiger partial charge in [-0.25, -0.2) is 0 Å². The summed E-state index contributed by atoms with van der Waals surface area (Å²) in [5.74, 6) is 0.722. The quantitative estimate of drug-likeness (QED) is 0.849. The number of aromatic nitrogens is 2. The second kappa shape index (κ2) is 7.83. The third-order valence-corrected chi connectivity index (χ3v) is 5.11. The molecule has 0 spiro atoms. The maximum absolute atomic E-state index is 12.6. The van der Waals surface area contributed by atoms with Crippen molar-refractivity contribution in [2.45, 2.75) is 45.7 Å². The maximum Gasteiger partial charge on any atom is 0.254 e. The van der Waals surface area contributed by atoms with Crippen molar-refractivity contribution < 1.29 is 4.79 Å². The smallest absolute Gasteiger partial charge is 0.254 e. The standard InChI is InChI=1S/C20H28N4O/c1-14(2)19-18(11-21-23-19)20(25)22-15(3)17-9-10-24(13-17)12-16-7-5-4-6-8-16/h4-8,11,14-15,17H,9-10,12-13H2,1-3H3,(H,21,23)(H,22,25). The number of hydrogen-bond donors (Lipinski definition) is 2. The molecule has 25 heavy (non-hydrogen) atoms. The SMILES string of the molecule is CC(C)c1[nH]ncc1C(=O)NC(C)C1CCN(Cc2ccccc2)C1. The molecule has 2 N–H and O–H groups in total. The van der Waals surface area contributed by atoms with Crippen molar-refractivity contribution >= 4 is 5.91 Å². The zero-order valence-corrected chi connectivity index (χ0v) is 15.3. The van der Waals surface area contributed by atoms with E-state index < -0.39 is 0 Å². The van der Waals surface area contributed by atoms with Gasteiger partial charge in [0.05, 0.1) is 17.5 Å². The van der Waals surface area contributed by atoms with E-state index in [1.54, 1.807) is 6.20 Å². The number of carbonyl (C=O) groups excluding carboxylic acids is 1. The summed E-state index contributed by atoms with van der Waals surface area (Å²) >= 11 is 0. The molecule has 1 saturated heterocycles. The number of nitrogens with zero attached hydrogens (tertiary/aromatic N) is 2. The normalized spacial score (nSPS) is 19.3. The average Bonchev–Trinajstić information content (AvgIpc) is 3.25. The van der Waals surface area contributed by atoms with Gasteiger partial charge in [-0.1, -0.05) is 44.2 Å². The third-order valence-electron chi connectivity index (χ3n) is 5.11. The van der Waals surface area contributed by atoms with Gasteiger partial charge in [-0.15, -0.1) is 0 Å². The Morgan fingerprint density at radius 2 is 2.08 bits per heavy atom. The molecule has 5 nitrogen and oxygen atoms in total. The van der Waals surface area contributed by atoms with Gasteiger partial charge >= 0.3 is 0 Å². The van der Waals surface area contributed by atoms with E-state index in [2.05, 4.69) is 71.5 Å². The van der Waals surface area contributed by atoms with Gasteiger partial charge in [-0.2, -0.15) is 5.10 Å². The summed E-state index contributed by atoms with van der Waals surface area (Å²) in [5.41, 5.74) is 2.92. The maximum atomic E-state index is 12.6. The number of aromatic amines is 1. The van der Waals surface area contributed by atoms with Crippen molar-refractivity contribution in [3.05, 3.63) is 53.3 Å². The van der Waals surface area contributed by atoms with Crippen LogP contribution >= 0.6 is 0 Å². The summed E-state index contributed by atoms with van der Waals surface area (Å²) in [4.78, 5) is 15.1. The summed E-state index contributed by atoms with van der Waals surface area (Å²) < 4.78 is 0. The molecule has 3 rings (SSSR count). The fourth-order valence-corrected chi connectivity index (χ4v) is 3.58. The Hall–Kier alpha value is -2.14. The summed E-state index contributed by atoms with van der Waals surface area (Å²) in [6, 6.07) is 10.7. The van der Waals surface area contributed by atoms with Crippen LogP contribution in [0.3, 0.4) is 0 Å². The van der Waals surface area contributed by atoms with Crippen molar-refractivity contribution in [3.63, 3.8) is 0 Å². The van der Waals surface area contributed by atoms with Crippen molar-refractivity contribution in [1.29, 1.82) is 0 Å². The second-order valence-electron chi connectivity index (χ2n) is 7.38. The zero-order chi connectivity index (χ0) is 17.8. The molecular formula is C20H28N4O. The Labute approximate surface area is 149 Å². The lowest BCUT2D eigenvalue weighted by atomic mass is 9.99. The molecule has 2 atom stereocenters. The second-order valence-corrected chi connectivity index (χ2v) is 7.38. The van der Waals surface area contributed by atoms with Crippen LogP contribution in [0.5, 0.6) is 0 Å². The molecule has 1 aliphatic heterocycles. The molecule has 0 radical (unpaired) electrons. The van der Waals surface area contributed by atoms with Crippen LogP contribution in [0.15, 0.2) is 36.5 Å². The highest BCUT2D eigenvalue weighted by atomic mass is 16.1. The van der Waals surface area contributed by atoms with Crippen LogP contribution < -0.4 is 5.32 Å². The number of hydrogen-bond acceptors (Lipinski definition) is 3. The van der Waals surface area contributed by atoms with Gasteiger partial charge in [-0.05, 0) is 37.3 Å². The average molecular weight is 340 g/mol. The number of benzene rings is 1. The molecule has 5 heteroatoms. The highest BCUT2D eigenvalue weighted by Gasteiger charge is 2.28. The van der Waals surface area contributed by atoms with Crippen molar-refractivity contribution in [1.82, 2.24) is 20.4 Å². The lowest BCUT2D eigenvalue weighted by Gasteiger charge is -2.22. The molecule has 0 aliphatic carbocycles. The third kappa shape index (κ3) is 4.28. The number of nitrogens with one attached hydrogen (secondary N) is 2. The van der Waals surface area contributed by atoms with Crippen molar-refractivity contribution in [3.8, 4) is 0 Å². The minimum Gasteiger partial charge on any atom is -0.349 e. The van der Waals surface area contributed by atoms with Gasteiger partial charge in [0.2, 0.25) is 0 Å². The minimum absolute atomic E-state index is 0.0218. The van der Waals surface area contributed by atoms with E-state index in [-0.39, 0.29) is 17.9 Å². The highest BCUT2D eigenvalue weighted by molar-refractivity contribution is 5.95. The van der Waals surface area contributed by atoms with E-state index in [4.69, 9.17) is 0 Å². The minimum atomic E-state index is -0.0218. The molecule has 134 valence electrons. The first kappa shape index (κ1) is 17.7. The van der Waals surface area contributed by atoms with Crippen LogP contribution in [0, 0.1) is 5.92 Å². The van der Waals surface area contributed by atoms with E-state index >= 15 is 0 Å². The molecular weight excluding hydrogens is 312 g/mol. The first-order valence-corrected chi connectivity index (χ1v) is 9.15. The molecule has 1 fully saturated rings. The summed E-state index contributed by atoms with van der Waals surface area (Å²) in [6.07, 6.45) is 2.75. The number of amides is 1. The number of rotatable bonds is 6. The van der Waals surface area contributed by atoms with Gasteiger partial charge < -0.3 is 5.32 Å². The van der Waals surface area contributed by atoms with E-state index in [0.29, 0.717) is 11.5 Å². The first-order valence-electron chi connectivity index (χ1n) is 9.15. The van der Waals surface area contributed by atoms with Gasteiger partial charge in [0.1, 0.15) is 0 Å². The topological polar surface area (TPSA) is 61.0 Å². The molecule has 2 unspecified atom stereocenters. The van der Waals surface area contributed by atoms with Crippen LogP contribution in [0.25, 0.3) is 0 Å². The van der Waals surface area contributed by atoms with Crippen LogP contribution in [0.4, 0.5) is 0 Å². The molecule has 1 aromatic carbocycles. The lowest BCUT2D eigenvalue weighted by Crippen LogP contribution is -2.39. The van der Waals surface area contributed by atoms with Crippen LogP contribution in [0.2, 0.25) is 0 Å². The Balaban J connectivity index is 1.54. The monoisotopic (exact) mass is 340 g/mol. The fraction of sp³-hybridized carbons (Fsp3) is 0.500. The van der Waals surface area contributed by atoms with Gasteiger partial charge in [-0.3, -0.25) is 14.8 Å². The largest absolute Gasteiger partial charge is 0.349 e. The van der Waals surface area contributed by atoms with E-state index in [1.165, 1.54) is 5.56 Å². The molecule has 1 aliphatic rings. The molecule has 1 aromatic heterocycles. The Kier molecular flexibility index (Phi) is 5.53. The number of H-pyrrole nitrogens is 1. The predicted molar refractivity (Wildman–Crippen MR) is 99.4 cm³/mol. The fourth-order valence-electron chi connectivity index (χ4n) is 3.58. The Morgan fingerprint density at radius 3 is 2.80 bits per heavy atom. The summed E-state index contributed by atoms with van der Waals surface area (Å²) in [7, 11) is 0. The summed E-state index contributed by atoms with van der Waals surface area (Å²) in [6.45, 7) is 9.33. The van der Waals surface area contributed by atoms with Crippen molar-refractivity contribution in [2.75, 3.05) is 13.1 Å². The van der Waals surface area contributed by atoms with Crippen LogP contribution in [0.1, 0.15) is 54.7 Å². The van der Waals surface area contributed by atoms with Crippen LogP contribution in [-0.4, -0.2) is 40.1 Å². The van der Waals surface area contributed by atoms with Crippen molar-refractivity contribution in [2.24, 2.45) is 5.92 Å². The molecule has 1 amide bonds. The van der Waals surface area contributed by atoms with Gasteiger partial charge in [0.15, 0.2) is 0 Å². The first-order chi connectivity index (χ1) is 12.0. The van der Waals surface area contributed by atoms with E-state index in [9.17, 15) is 4.79 Å². The molecule has 0 saturated carbocycles. The Bertz CT molecular complexity index is 695. The van der Waals surface area contributed by atoms with Gasteiger partial charge in [0.25, 0.3) is 5.91 Å². The van der Waals surface area contributed by atoms with Crippen LogP contribution in [-0.2, 0) is 6.54 Å². The Morgan fingerprint density at radius 1 is 1.32 bits per heavy atom. The lowest BCUT2D eigenvalue weighted by molar-refractivity contribution is 0.0925. The van der Waals surface area contributed by atoms with E-state index in [0.717, 1.165) is 31.7 Å².